The molecule has 1 aromatic carbocycles. The minimum Gasteiger partial charge on any atom is -0.205 e. The second-order valence-electron chi connectivity index (χ2n) is 2.29. The van der Waals surface area contributed by atoms with Crippen LogP contribution in [0, 0.1) is 11.5 Å². The Hall–Kier alpha value is -1.22. The van der Waals surface area contributed by atoms with Gasteiger partial charge in [0.25, 0.3) is 0 Å². The van der Waals surface area contributed by atoms with Crippen molar-refractivity contribution < 1.29 is 4.39 Å². The van der Waals surface area contributed by atoms with Crippen molar-refractivity contribution in [3.05, 3.63) is 41.8 Å². The Kier molecular flexibility index (Phi) is 1.87. The molecule has 0 aliphatic heterocycles. The van der Waals surface area contributed by atoms with Crippen LogP contribution in [-0.2, 0) is 0 Å². The van der Waals surface area contributed by atoms with E-state index >= 15 is 0 Å². The molecule has 0 N–H and O–H groups in total. The number of halogens is 1. The molecule has 3 heteroatoms. The molecule has 0 amide bonds. The summed E-state index contributed by atoms with van der Waals surface area (Å²) in [5.74, 6) is -0.439. The van der Waals surface area contributed by atoms with Crippen molar-refractivity contribution >= 4 is 11.3 Å². The van der Waals surface area contributed by atoms with Gasteiger partial charge in [0, 0.05) is 0 Å². The monoisotopic (exact) mass is 178 g/mol. The Morgan fingerprint density at radius 2 is 2.00 bits per heavy atom. The number of hydrogen-bond acceptors (Lipinski definition) is 2. The fourth-order valence-corrected chi connectivity index (χ4v) is 1.57. The molecule has 0 saturated heterocycles. The summed E-state index contributed by atoms with van der Waals surface area (Å²) in [4.78, 5) is 3.97. The van der Waals surface area contributed by atoms with Crippen molar-refractivity contribution in [3.8, 4) is 10.4 Å². The molecular weight excluding hydrogens is 173 g/mol. The number of hydrogen-bond donors (Lipinski definition) is 0. The van der Waals surface area contributed by atoms with Gasteiger partial charge in [-0.1, -0.05) is 30.3 Å². The minimum atomic E-state index is -0.439. The smallest absolute Gasteiger partial charge is 0.205 e. The molecule has 0 atom stereocenters. The number of rotatable bonds is 1. The van der Waals surface area contributed by atoms with E-state index in [-0.39, 0.29) is 0 Å². The van der Waals surface area contributed by atoms with Crippen LogP contribution in [0.1, 0.15) is 0 Å². The Bertz CT molecular complexity index is 369. The summed E-state index contributed by atoms with van der Waals surface area (Å²) in [6, 6.07) is 9.34. The van der Waals surface area contributed by atoms with Crippen molar-refractivity contribution in [2.45, 2.75) is 0 Å². The number of aromatic nitrogens is 1. The molecule has 1 aromatic heterocycles. The minimum absolute atomic E-state index is 0.439. The second-order valence-corrected chi connectivity index (χ2v) is 3.09. The highest BCUT2D eigenvalue weighted by molar-refractivity contribution is 7.12. The van der Waals surface area contributed by atoms with E-state index in [1.807, 2.05) is 30.3 Å². The average molecular weight is 178 g/mol. The van der Waals surface area contributed by atoms with Gasteiger partial charge >= 0.3 is 0 Å². The SMILES string of the molecule is Fc1n[c]sc1-c1ccccc1. The molecule has 0 aliphatic rings. The van der Waals surface area contributed by atoms with E-state index in [1.165, 1.54) is 11.3 Å². The van der Waals surface area contributed by atoms with Gasteiger partial charge in [-0.15, -0.1) is 11.3 Å². The summed E-state index contributed by atoms with van der Waals surface area (Å²) < 4.78 is 12.9. The first-order valence-electron chi connectivity index (χ1n) is 3.46. The first-order chi connectivity index (χ1) is 5.88. The van der Waals surface area contributed by atoms with Crippen LogP contribution in [0.4, 0.5) is 4.39 Å². The summed E-state index contributed by atoms with van der Waals surface area (Å²) >= 11 is 1.19. The first kappa shape index (κ1) is 7.43. The molecular formula is C9H5FNS. The highest BCUT2D eigenvalue weighted by Gasteiger charge is 2.06. The van der Waals surface area contributed by atoms with E-state index < -0.39 is 5.95 Å². The highest BCUT2D eigenvalue weighted by Crippen LogP contribution is 2.25. The predicted octanol–water partition coefficient (Wildman–Crippen LogP) is 2.75. The van der Waals surface area contributed by atoms with Crippen LogP contribution in [0.2, 0.25) is 0 Å². The van der Waals surface area contributed by atoms with Crippen molar-refractivity contribution in [2.24, 2.45) is 0 Å². The lowest BCUT2D eigenvalue weighted by atomic mass is 10.2. The lowest BCUT2D eigenvalue weighted by molar-refractivity contribution is 0.594. The van der Waals surface area contributed by atoms with Gasteiger partial charge in [0.2, 0.25) is 5.95 Å². The van der Waals surface area contributed by atoms with Crippen LogP contribution in [-0.4, -0.2) is 4.98 Å². The molecule has 1 nitrogen and oxygen atoms in total. The van der Waals surface area contributed by atoms with E-state index in [1.54, 1.807) is 0 Å². The molecule has 59 valence electrons. The third-order valence-electron chi connectivity index (χ3n) is 1.51. The van der Waals surface area contributed by atoms with Crippen molar-refractivity contribution in [2.75, 3.05) is 0 Å². The number of benzene rings is 1. The summed E-state index contributed by atoms with van der Waals surface area (Å²) in [7, 11) is 0. The van der Waals surface area contributed by atoms with Crippen LogP contribution >= 0.6 is 11.3 Å². The quantitative estimate of drug-likeness (QED) is 0.654. The van der Waals surface area contributed by atoms with Crippen LogP contribution in [0.25, 0.3) is 10.4 Å². The molecule has 0 saturated carbocycles. The maximum Gasteiger partial charge on any atom is 0.232 e. The van der Waals surface area contributed by atoms with Gasteiger partial charge in [-0.2, -0.15) is 4.39 Å². The van der Waals surface area contributed by atoms with Gasteiger partial charge in [0.15, 0.2) is 5.51 Å². The average Bonchev–Trinajstić information content (AvgIpc) is 2.53. The van der Waals surface area contributed by atoms with Crippen LogP contribution in [0.15, 0.2) is 30.3 Å². The van der Waals surface area contributed by atoms with Crippen LogP contribution in [0.5, 0.6) is 0 Å². The van der Waals surface area contributed by atoms with E-state index in [2.05, 4.69) is 10.5 Å². The Labute approximate surface area is 73.5 Å². The molecule has 2 aromatic rings. The zero-order valence-corrected chi connectivity index (χ0v) is 6.94. The van der Waals surface area contributed by atoms with E-state index in [0.29, 0.717) is 4.88 Å². The maximum absolute atomic E-state index is 12.9. The normalized spacial score (nSPS) is 10.1. The second kappa shape index (κ2) is 3.03. The van der Waals surface area contributed by atoms with Crippen molar-refractivity contribution in [3.63, 3.8) is 0 Å². The standard InChI is InChI=1S/C9H5FNS/c10-9-8(12-6-11-9)7-4-2-1-3-5-7/h1-5H. The van der Waals surface area contributed by atoms with E-state index in [9.17, 15) is 4.39 Å². The molecule has 1 heterocycles. The first-order valence-corrected chi connectivity index (χ1v) is 4.27. The lowest BCUT2D eigenvalue weighted by Gasteiger charge is -1.93. The molecule has 0 fully saturated rings. The fraction of sp³-hybridized carbons (Fsp3) is 0. The Morgan fingerprint density at radius 3 is 2.58 bits per heavy atom. The van der Waals surface area contributed by atoms with Gasteiger partial charge in [0.1, 0.15) is 0 Å². The molecule has 0 aliphatic carbocycles. The van der Waals surface area contributed by atoms with Gasteiger partial charge in [-0.3, -0.25) is 0 Å². The van der Waals surface area contributed by atoms with E-state index in [0.717, 1.165) is 5.56 Å². The van der Waals surface area contributed by atoms with Gasteiger partial charge in [-0.25, -0.2) is 4.98 Å². The number of thiazole rings is 1. The summed E-state index contributed by atoms with van der Waals surface area (Å²) in [6.45, 7) is 0. The van der Waals surface area contributed by atoms with Gasteiger partial charge < -0.3 is 0 Å². The van der Waals surface area contributed by atoms with Gasteiger partial charge in [0.05, 0.1) is 4.88 Å². The molecule has 1 radical (unpaired) electrons. The molecule has 0 spiro atoms. The lowest BCUT2D eigenvalue weighted by Crippen LogP contribution is -1.76. The third kappa shape index (κ3) is 1.23. The zero-order chi connectivity index (χ0) is 8.39. The molecule has 0 unspecified atom stereocenters. The molecule has 2 rings (SSSR count). The summed E-state index contributed by atoms with van der Waals surface area (Å²) in [5.41, 5.74) is 3.37. The van der Waals surface area contributed by atoms with Gasteiger partial charge in [-0.05, 0) is 5.56 Å². The summed E-state index contributed by atoms with van der Waals surface area (Å²) in [6.07, 6.45) is 0. The topological polar surface area (TPSA) is 12.9 Å². The number of nitrogens with zero attached hydrogens (tertiary/aromatic N) is 1. The molecule has 0 bridgehead atoms. The fourth-order valence-electron chi connectivity index (χ4n) is 0.969. The van der Waals surface area contributed by atoms with Crippen LogP contribution in [0.3, 0.4) is 0 Å². The Balaban J connectivity index is 2.51. The van der Waals surface area contributed by atoms with Crippen LogP contribution < -0.4 is 0 Å². The summed E-state index contributed by atoms with van der Waals surface area (Å²) in [5, 5.41) is 0. The van der Waals surface area contributed by atoms with Crippen molar-refractivity contribution in [1.82, 2.24) is 4.98 Å². The van der Waals surface area contributed by atoms with Crippen molar-refractivity contribution in [1.29, 1.82) is 0 Å². The Morgan fingerprint density at radius 1 is 1.25 bits per heavy atom. The third-order valence-corrected chi connectivity index (χ3v) is 2.31. The highest BCUT2D eigenvalue weighted by atomic mass is 32.1. The zero-order valence-electron chi connectivity index (χ0n) is 6.12. The maximum atomic E-state index is 12.9. The molecule has 12 heavy (non-hydrogen) atoms. The largest absolute Gasteiger partial charge is 0.232 e. The predicted molar refractivity (Wildman–Crippen MR) is 46.3 cm³/mol. The van der Waals surface area contributed by atoms with E-state index in [4.69, 9.17) is 0 Å².